The van der Waals surface area contributed by atoms with E-state index in [2.05, 4.69) is 4.99 Å². The molecule has 2 aromatic carbocycles. The van der Waals surface area contributed by atoms with Gasteiger partial charge in [-0.25, -0.2) is 0 Å². The molecule has 0 N–H and O–H groups in total. The monoisotopic (exact) mass is 381 g/mol. The Bertz CT molecular complexity index is 1060. The second-order valence-corrected chi connectivity index (χ2v) is 6.75. The first kappa shape index (κ1) is 16.6. The van der Waals surface area contributed by atoms with Gasteiger partial charge in [0, 0.05) is 24.2 Å². The van der Waals surface area contributed by atoms with Crippen molar-refractivity contribution in [1.82, 2.24) is 4.57 Å². The average Bonchev–Trinajstić information content (AvgIpc) is 2.85. The number of nitro groups is 1. The third kappa shape index (κ3) is 3.06. The molecule has 122 valence electrons. The molecule has 0 aliphatic carbocycles. The predicted octanol–water partition coefficient (Wildman–Crippen LogP) is 4.20. The van der Waals surface area contributed by atoms with Crippen LogP contribution in [0.4, 0.5) is 5.69 Å². The Balaban J connectivity index is 2.13. The SMILES string of the molecule is Cn1c(=NC(=O)c2cc(Cl)ccc2Cl)sc2ccc([N+](=O)[O-])cc21. The quantitative estimate of drug-likeness (QED) is 0.492. The fourth-order valence-corrected chi connectivity index (χ4v) is 3.51. The van der Waals surface area contributed by atoms with Crippen LogP contribution in [0.25, 0.3) is 10.2 Å². The molecule has 0 saturated heterocycles. The first-order chi connectivity index (χ1) is 11.4. The zero-order chi connectivity index (χ0) is 17.4. The Hall–Kier alpha value is -2.22. The van der Waals surface area contributed by atoms with Crippen molar-refractivity contribution in [1.29, 1.82) is 0 Å². The zero-order valence-corrected chi connectivity index (χ0v) is 14.5. The van der Waals surface area contributed by atoms with Crippen molar-refractivity contribution >= 4 is 56.3 Å². The van der Waals surface area contributed by atoms with Crippen LogP contribution in [0.2, 0.25) is 10.0 Å². The summed E-state index contributed by atoms with van der Waals surface area (Å²) in [5.74, 6) is -0.529. The van der Waals surface area contributed by atoms with Crippen LogP contribution in [-0.4, -0.2) is 15.4 Å². The molecule has 0 unspecified atom stereocenters. The molecule has 0 bridgehead atoms. The number of aryl methyl sites for hydroxylation is 1. The van der Waals surface area contributed by atoms with E-state index in [4.69, 9.17) is 23.2 Å². The van der Waals surface area contributed by atoms with Gasteiger partial charge in [0.2, 0.25) is 0 Å². The third-order valence-electron chi connectivity index (χ3n) is 3.36. The maximum atomic E-state index is 12.4. The summed E-state index contributed by atoms with van der Waals surface area (Å²) in [5, 5.41) is 11.5. The van der Waals surface area contributed by atoms with Crippen LogP contribution in [0, 0.1) is 10.1 Å². The number of amides is 1. The van der Waals surface area contributed by atoms with Gasteiger partial charge in [-0.15, -0.1) is 0 Å². The number of carbonyl (C=O) groups is 1. The van der Waals surface area contributed by atoms with Gasteiger partial charge in [0.1, 0.15) is 0 Å². The molecule has 24 heavy (non-hydrogen) atoms. The van der Waals surface area contributed by atoms with E-state index in [1.54, 1.807) is 23.7 Å². The van der Waals surface area contributed by atoms with Crippen molar-refractivity contribution in [3.8, 4) is 0 Å². The van der Waals surface area contributed by atoms with Gasteiger partial charge in [-0.05, 0) is 24.3 Å². The van der Waals surface area contributed by atoms with E-state index >= 15 is 0 Å². The van der Waals surface area contributed by atoms with Crippen molar-refractivity contribution in [2.45, 2.75) is 0 Å². The highest BCUT2D eigenvalue weighted by Gasteiger charge is 2.13. The predicted molar refractivity (Wildman–Crippen MR) is 93.8 cm³/mol. The molecule has 0 radical (unpaired) electrons. The normalized spacial score (nSPS) is 11.9. The summed E-state index contributed by atoms with van der Waals surface area (Å²) in [7, 11) is 1.69. The van der Waals surface area contributed by atoms with Crippen molar-refractivity contribution in [3.05, 3.63) is 66.9 Å². The van der Waals surface area contributed by atoms with E-state index in [1.807, 2.05) is 0 Å². The van der Waals surface area contributed by atoms with E-state index < -0.39 is 10.8 Å². The molecule has 0 atom stereocenters. The van der Waals surface area contributed by atoms with Crippen molar-refractivity contribution in [2.24, 2.45) is 12.0 Å². The minimum Gasteiger partial charge on any atom is -0.319 e. The number of non-ortho nitro benzene ring substituents is 1. The molecule has 0 fully saturated rings. The molecule has 9 heteroatoms. The topological polar surface area (TPSA) is 77.5 Å². The first-order valence-corrected chi connectivity index (χ1v) is 8.22. The lowest BCUT2D eigenvalue weighted by Crippen LogP contribution is -2.13. The standard InChI is InChI=1S/C15H9Cl2N3O3S/c1-19-12-7-9(20(22)23)3-5-13(12)24-15(19)18-14(21)10-6-8(16)2-4-11(10)17/h2-7H,1H3. The van der Waals surface area contributed by atoms with E-state index in [-0.39, 0.29) is 16.3 Å². The molecule has 3 rings (SSSR count). The van der Waals surface area contributed by atoms with E-state index in [0.29, 0.717) is 15.3 Å². The molecule has 0 spiro atoms. The second kappa shape index (κ2) is 6.35. The first-order valence-electron chi connectivity index (χ1n) is 6.65. The molecule has 1 aromatic heterocycles. The number of hydrogen-bond acceptors (Lipinski definition) is 4. The Labute approximate surface area is 149 Å². The highest BCUT2D eigenvalue weighted by molar-refractivity contribution is 7.16. The van der Waals surface area contributed by atoms with Gasteiger partial charge in [0.25, 0.3) is 11.6 Å². The summed E-state index contributed by atoms with van der Waals surface area (Å²) in [5.41, 5.74) is 0.803. The number of fused-ring (bicyclic) bond motifs is 1. The Morgan fingerprint density at radius 3 is 2.71 bits per heavy atom. The number of benzene rings is 2. The summed E-state index contributed by atoms with van der Waals surface area (Å²) < 4.78 is 2.41. The molecule has 0 aliphatic rings. The summed E-state index contributed by atoms with van der Waals surface area (Å²) >= 11 is 13.2. The average molecular weight is 382 g/mol. The van der Waals surface area contributed by atoms with Gasteiger partial charge in [0.15, 0.2) is 4.80 Å². The molecule has 3 aromatic rings. The van der Waals surface area contributed by atoms with Crippen LogP contribution in [0.1, 0.15) is 10.4 Å². The van der Waals surface area contributed by atoms with Crippen LogP contribution >= 0.6 is 34.5 Å². The largest absolute Gasteiger partial charge is 0.319 e. The number of hydrogen-bond donors (Lipinski definition) is 0. The number of carbonyl (C=O) groups excluding carboxylic acids is 1. The van der Waals surface area contributed by atoms with Gasteiger partial charge >= 0.3 is 0 Å². The summed E-state index contributed by atoms with van der Waals surface area (Å²) in [4.78, 5) is 27.3. The van der Waals surface area contributed by atoms with Crippen LogP contribution in [0.15, 0.2) is 41.4 Å². The molecule has 1 amide bonds. The second-order valence-electron chi connectivity index (χ2n) is 4.89. The van der Waals surface area contributed by atoms with Crippen LogP contribution in [0.5, 0.6) is 0 Å². The number of aromatic nitrogens is 1. The summed E-state index contributed by atoms with van der Waals surface area (Å²) in [6.07, 6.45) is 0. The maximum absolute atomic E-state index is 12.4. The number of thiazole rings is 1. The lowest BCUT2D eigenvalue weighted by atomic mass is 10.2. The van der Waals surface area contributed by atoms with Gasteiger partial charge in [-0.3, -0.25) is 14.9 Å². The fourth-order valence-electron chi connectivity index (χ4n) is 2.14. The van der Waals surface area contributed by atoms with Crippen molar-refractivity contribution in [2.75, 3.05) is 0 Å². The molecule has 0 saturated carbocycles. The minimum atomic E-state index is -0.529. The number of nitro benzene ring substituents is 1. The van der Waals surface area contributed by atoms with E-state index in [0.717, 1.165) is 4.70 Å². The molecular weight excluding hydrogens is 373 g/mol. The van der Waals surface area contributed by atoms with E-state index in [9.17, 15) is 14.9 Å². The van der Waals surface area contributed by atoms with Crippen LogP contribution in [0.3, 0.4) is 0 Å². The van der Waals surface area contributed by atoms with Crippen LogP contribution < -0.4 is 4.80 Å². The molecule has 1 heterocycles. The third-order valence-corrected chi connectivity index (χ3v) is 5.04. The van der Waals surface area contributed by atoms with Crippen molar-refractivity contribution < 1.29 is 9.72 Å². The number of halogens is 2. The summed E-state index contributed by atoms with van der Waals surface area (Å²) in [6, 6.07) is 9.06. The molecule has 6 nitrogen and oxygen atoms in total. The van der Waals surface area contributed by atoms with E-state index in [1.165, 1.54) is 35.6 Å². The number of nitrogens with zero attached hydrogens (tertiary/aromatic N) is 3. The molecular formula is C15H9Cl2N3O3S. The Morgan fingerprint density at radius 1 is 1.25 bits per heavy atom. The van der Waals surface area contributed by atoms with Crippen LogP contribution in [-0.2, 0) is 7.05 Å². The number of rotatable bonds is 2. The van der Waals surface area contributed by atoms with Gasteiger partial charge in [-0.1, -0.05) is 34.5 Å². The fraction of sp³-hybridized carbons (Fsp3) is 0.0667. The molecule has 0 aliphatic heterocycles. The maximum Gasteiger partial charge on any atom is 0.281 e. The van der Waals surface area contributed by atoms with Gasteiger partial charge in [-0.2, -0.15) is 4.99 Å². The van der Waals surface area contributed by atoms with Gasteiger partial charge in [0.05, 0.1) is 25.7 Å². The lowest BCUT2D eigenvalue weighted by Gasteiger charge is -2.00. The highest BCUT2D eigenvalue weighted by Crippen LogP contribution is 2.23. The smallest absolute Gasteiger partial charge is 0.281 e. The Morgan fingerprint density at radius 2 is 2.00 bits per heavy atom. The summed E-state index contributed by atoms with van der Waals surface area (Å²) in [6.45, 7) is 0. The zero-order valence-electron chi connectivity index (χ0n) is 12.2. The minimum absolute atomic E-state index is 0.0216. The van der Waals surface area contributed by atoms with Crippen molar-refractivity contribution in [3.63, 3.8) is 0 Å². The Kier molecular flexibility index (Phi) is 4.40. The highest BCUT2D eigenvalue weighted by atomic mass is 35.5. The lowest BCUT2D eigenvalue weighted by molar-refractivity contribution is -0.384. The van der Waals surface area contributed by atoms with Gasteiger partial charge < -0.3 is 4.57 Å².